The predicted molar refractivity (Wildman–Crippen MR) is 63.7 cm³/mol. The molecule has 0 aromatic heterocycles. The van der Waals surface area contributed by atoms with Crippen LogP contribution in [0.1, 0.15) is 12.8 Å². The van der Waals surface area contributed by atoms with Crippen LogP contribution < -0.4 is 0 Å². The molecule has 1 N–H and O–H groups in total. The van der Waals surface area contributed by atoms with Gasteiger partial charge in [-0.05, 0) is 12.8 Å². The summed E-state index contributed by atoms with van der Waals surface area (Å²) in [6.45, 7) is 2.28. The molecule has 88 valence electrons. The van der Waals surface area contributed by atoms with Crippen LogP contribution in [0.4, 0.5) is 0 Å². The normalized spacial score (nSPS) is 20.5. The number of thioether (sulfide) groups is 1. The van der Waals surface area contributed by atoms with Gasteiger partial charge in [0.2, 0.25) is 0 Å². The van der Waals surface area contributed by atoms with E-state index in [4.69, 9.17) is 14.9 Å². The number of hydrogen-bond donors (Lipinski definition) is 1. The highest BCUT2D eigenvalue weighted by atomic mass is 32.2. The Morgan fingerprint density at radius 2 is 2.40 bits per heavy atom. The zero-order valence-electron chi connectivity index (χ0n) is 9.49. The van der Waals surface area contributed by atoms with E-state index in [9.17, 15) is 0 Å². The summed E-state index contributed by atoms with van der Waals surface area (Å²) >= 11 is 1.51. The van der Waals surface area contributed by atoms with Crippen molar-refractivity contribution < 1.29 is 9.47 Å². The van der Waals surface area contributed by atoms with E-state index >= 15 is 0 Å². The van der Waals surface area contributed by atoms with Crippen LogP contribution in [0.5, 0.6) is 0 Å². The maximum Gasteiger partial charge on any atom is 0.155 e. The molecule has 0 radical (unpaired) electrons. The number of nitrogens with zero attached hydrogens (tertiary/aromatic N) is 1. The van der Waals surface area contributed by atoms with Crippen molar-refractivity contribution in [1.29, 1.82) is 5.41 Å². The monoisotopic (exact) mass is 232 g/mol. The second kappa shape index (κ2) is 7.09. The Morgan fingerprint density at radius 3 is 3.00 bits per heavy atom. The van der Waals surface area contributed by atoms with Crippen molar-refractivity contribution in [1.82, 2.24) is 4.90 Å². The summed E-state index contributed by atoms with van der Waals surface area (Å²) in [5.41, 5.74) is 0. The van der Waals surface area contributed by atoms with Crippen molar-refractivity contribution in [2.75, 3.05) is 39.7 Å². The first kappa shape index (κ1) is 12.8. The third-order valence-corrected chi connectivity index (χ3v) is 3.21. The standard InChI is InChI=1S/C10H20N2O2S/c1-12(2)10(11)15-7-6-13-8-9-4-3-5-14-9/h9,11H,3-8H2,1-2H3. The van der Waals surface area contributed by atoms with E-state index in [-0.39, 0.29) is 0 Å². The average molecular weight is 232 g/mol. The van der Waals surface area contributed by atoms with Gasteiger partial charge in [-0.15, -0.1) is 0 Å². The molecule has 1 atom stereocenters. The summed E-state index contributed by atoms with van der Waals surface area (Å²) < 4.78 is 10.9. The van der Waals surface area contributed by atoms with Gasteiger partial charge in [-0.2, -0.15) is 0 Å². The van der Waals surface area contributed by atoms with Gasteiger partial charge in [0, 0.05) is 26.5 Å². The molecule has 4 nitrogen and oxygen atoms in total. The van der Waals surface area contributed by atoms with Crippen molar-refractivity contribution in [2.24, 2.45) is 0 Å². The first-order chi connectivity index (χ1) is 7.20. The van der Waals surface area contributed by atoms with Gasteiger partial charge in [-0.3, -0.25) is 5.41 Å². The summed E-state index contributed by atoms with van der Waals surface area (Å²) in [5.74, 6) is 0.837. The molecule has 5 heteroatoms. The third-order valence-electron chi connectivity index (χ3n) is 2.20. The Labute approximate surface area is 95.8 Å². The van der Waals surface area contributed by atoms with E-state index in [2.05, 4.69) is 0 Å². The van der Waals surface area contributed by atoms with Gasteiger partial charge in [0.25, 0.3) is 0 Å². The molecule has 0 spiro atoms. The Bertz CT molecular complexity index is 194. The maximum atomic E-state index is 7.55. The SMILES string of the molecule is CN(C)C(=N)SCCOCC1CCCO1. The van der Waals surface area contributed by atoms with Crippen molar-refractivity contribution >= 4 is 16.9 Å². The molecule has 0 aromatic rings. The van der Waals surface area contributed by atoms with Gasteiger partial charge in [0.1, 0.15) is 0 Å². The van der Waals surface area contributed by atoms with E-state index < -0.39 is 0 Å². The van der Waals surface area contributed by atoms with Crippen LogP contribution in [0.3, 0.4) is 0 Å². The summed E-state index contributed by atoms with van der Waals surface area (Å²) in [6, 6.07) is 0. The Kier molecular flexibility index (Phi) is 6.05. The minimum atomic E-state index is 0.309. The molecule has 1 aliphatic heterocycles. The van der Waals surface area contributed by atoms with Gasteiger partial charge in [0.15, 0.2) is 5.17 Å². The molecule has 0 bridgehead atoms. The molecule has 1 heterocycles. The lowest BCUT2D eigenvalue weighted by Crippen LogP contribution is -2.19. The summed E-state index contributed by atoms with van der Waals surface area (Å²) in [7, 11) is 3.76. The molecular formula is C10H20N2O2S. The number of hydrogen-bond acceptors (Lipinski definition) is 4. The van der Waals surface area contributed by atoms with Crippen LogP contribution in [0, 0.1) is 5.41 Å². The van der Waals surface area contributed by atoms with Crippen LogP contribution in [-0.4, -0.2) is 55.8 Å². The molecule has 0 aromatic carbocycles. The maximum absolute atomic E-state index is 7.55. The second-order valence-electron chi connectivity index (χ2n) is 3.76. The lowest BCUT2D eigenvalue weighted by Gasteiger charge is -2.13. The van der Waals surface area contributed by atoms with Crippen LogP contribution in [0.2, 0.25) is 0 Å². The largest absolute Gasteiger partial charge is 0.378 e. The first-order valence-electron chi connectivity index (χ1n) is 5.28. The number of amidine groups is 1. The van der Waals surface area contributed by atoms with E-state index in [1.165, 1.54) is 11.8 Å². The smallest absolute Gasteiger partial charge is 0.155 e. The summed E-state index contributed by atoms with van der Waals surface area (Å²) in [6.07, 6.45) is 2.60. The van der Waals surface area contributed by atoms with Gasteiger partial charge in [-0.1, -0.05) is 11.8 Å². The van der Waals surface area contributed by atoms with Gasteiger partial charge < -0.3 is 14.4 Å². The highest BCUT2D eigenvalue weighted by Gasteiger charge is 2.14. The number of nitrogens with one attached hydrogen (secondary N) is 1. The Hall–Kier alpha value is -0.260. The molecule has 0 saturated carbocycles. The fourth-order valence-corrected chi connectivity index (χ4v) is 1.97. The average Bonchev–Trinajstić information content (AvgIpc) is 2.69. The fraction of sp³-hybridized carbons (Fsp3) is 0.900. The van der Waals surface area contributed by atoms with E-state index in [1.54, 1.807) is 4.90 Å². The van der Waals surface area contributed by atoms with Gasteiger partial charge in [0.05, 0.1) is 19.3 Å². The van der Waals surface area contributed by atoms with E-state index in [0.717, 1.165) is 25.2 Å². The predicted octanol–water partition coefficient (Wildman–Crippen LogP) is 1.41. The molecule has 1 aliphatic rings. The zero-order valence-corrected chi connectivity index (χ0v) is 10.3. The van der Waals surface area contributed by atoms with E-state index in [1.807, 2.05) is 14.1 Å². The van der Waals surface area contributed by atoms with Crippen molar-refractivity contribution in [3.05, 3.63) is 0 Å². The second-order valence-corrected chi connectivity index (χ2v) is 4.84. The summed E-state index contributed by atoms with van der Waals surface area (Å²) in [4.78, 5) is 1.80. The molecule has 1 rings (SSSR count). The summed E-state index contributed by atoms with van der Waals surface area (Å²) in [5, 5.41) is 8.13. The topological polar surface area (TPSA) is 45.6 Å². The minimum Gasteiger partial charge on any atom is -0.378 e. The van der Waals surface area contributed by atoms with Crippen molar-refractivity contribution in [3.63, 3.8) is 0 Å². The molecule has 0 amide bonds. The lowest BCUT2D eigenvalue weighted by atomic mass is 10.2. The third kappa shape index (κ3) is 5.39. The fourth-order valence-electron chi connectivity index (χ4n) is 1.32. The Morgan fingerprint density at radius 1 is 1.60 bits per heavy atom. The molecule has 15 heavy (non-hydrogen) atoms. The van der Waals surface area contributed by atoms with E-state index in [0.29, 0.717) is 24.5 Å². The highest BCUT2D eigenvalue weighted by molar-refractivity contribution is 8.13. The molecule has 0 aliphatic carbocycles. The van der Waals surface area contributed by atoms with Crippen LogP contribution in [0.25, 0.3) is 0 Å². The van der Waals surface area contributed by atoms with Crippen molar-refractivity contribution in [2.45, 2.75) is 18.9 Å². The quantitative estimate of drug-likeness (QED) is 0.442. The minimum absolute atomic E-state index is 0.309. The van der Waals surface area contributed by atoms with Gasteiger partial charge >= 0.3 is 0 Å². The molecule has 1 fully saturated rings. The number of ether oxygens (including phenoxy) is 2. The van der Waals surface area contributed by atoms with Crippen LogP contribution in [-0.2, 0) is 9.47 Å². The first-order valence-corrected chi connectivity index (χ1v) is 6.26. The number of rotatable bonds is 5. The Balaban J connectivity index is 1.90. The van der Waals surface area contributed by atoms with Crippen LogP contribution >= 0.6 is 11.8 Å². The molecule has 1 unspecified atom stereocenters. The molecular weight excluding hydrogens is 212 g/mol. The van der Waals surface area contributed by atoms with Crippen LogP contribution in [0.15, 0.2) is 0 Å². The van der Waals surface area contributed by atoms with Gasteiger partial charge in [-0.25, -0.2) is 0 Å². The zero-order chi connectivity index (χ0) is 11.1. The molecule has 1 saturated heterocycles. The lowest BCUT2D eigenvalue weighted by molar-refractivity contribution is 0.0226. The van der Waals surface area contributed by atoms with Crippen molar-refractivity contribution in [3.8, 4) is 0 Å². The highest BCUT2D eigenvalue weighted by Crippen LogP contribution is 2.12.